The van der Waals surface area contributed by atoms with Crippen LogP contribution in [0.3, 0.4) is 0 Å². The molecule has 0 fully saturated rings. The van der Waals surface area contributed by atoms with Crippen LogP contribution < -0.4 is 18.9 Å². The van der Waals surface area contributed by atoms with Gasteiger partial charge in [0.25, 0.3) is 0 Å². The van der Waals surface area contributed by atoms with Gasteiger partial charge in [-0.15, -0.1) is 0 Å². The molecule has 1 aromatic heterocycles. The third kappa shape index (κ3) is 7.61. The number of aliphatic hydroxyl groups excluding tert-OH is 1. The van der Waals surface area contributed by atoms with E-state index >= 15 is 0 Å². The number of benzene rings is 1. The Hall–Kier alpha value is -2.53. The number of carbonyl (C=O) groups excluding carboxylic acids is 1. The van der Waals surface area contributed by atoms with Gasteiger partial charge in [-0.2, -0.15) is 0 Å². The SMILES string of the molecule is CC(=O)/C=C(/C)O.COc1ccnc(-c2[c-]c(OC)c(OC)cc2OC)c1.[Pt]. The molecule has 0 radical (unpaired) electrons. The normalized spacial score (nSPS) is 10.0. The first-order valence-corrected chi connectivity index (χ1v) is 7.96. The van der Waals surface area contributed by atoms with Crippen molar-refractivity contribution in [3.05, 3.63) is 42.3 Å². The van der Waals surface area contributed by atoms with Gasteiger partial charge in [0.1, 0.15) is 5.75 Å². The molecule has 1 aromatic carbocycles. The van der Waals surface area contributed by atoms with E-state index in [1.54, 1.807) is 52.8 Å². The summed E-state index contributed by atoms with van der Waals surface area (Å²) in [5.41, 5.74) is 1.37. The fourth-order valence-corrected chi connectivity index (χ4v) is 2.12. The minimum absolute atomic E-state index is 0. The molecule has 7 nitrogen and oxygen atoms in total. The number of pyridine rings is 1. The van der Waals surface area contributed by atoms with Crippen LogP contribution in [0, 0.1) is 6.07 Å². The zero-order valence-electron chi connectivity index (χ0n) is 16.6. The topological polar surface area (TPSA) is 87.1 Å². The number of ether oxygens (including phenoxy) is 4. The summed E-state index contributed by atoms with van der Waals surface area (Å²) in [7, 11) is 6.31. The molecule has 0 aliphatic rings. The standard InChI is InChI=1S/C15H16NO4.C5H8O2.Pt/c1-17-10-5-6-16-12(7-10)11-8-14(19-3)15(20-4)9-13(11)18-2;1-4(6)3-5(2)7;/h5-7,9H,1-4H3;3,6H,1-2H3;/q-1;;/b;4-3-;. The van der Waals surface area contributed by atoms with Gasteiger partial charge < -0.3 is 29.0 Å². The van der Waals surface area contributed by atoms with E-state index in [0.29, 0.717) is 34.3 Å². The van der Waals surface area contributed by atoms with E-state index in [1.165, 1.54) is 19.9 Å². The summed E-state index contributed by atoms with van der Waals surface area (Å²) in [5.74, 6) is 2.29. The van der Waals surface area contributed by atoms with E-state index in [2.05, 4.69) is 11.1 Å². The molecular weight excluding hydrogens is 545 g/mol. The van der Waals surface area contributed by atoms with Crippen molar-refractivity contribution in [3.8, 4) is 34.3 Å². The van der Waals surface area contributed by atoms with E-state index < -0.39 is 0 Å². The maximum Gasteiger partial charge on any atom is 0.155 e. The van der Waals surface area contributed by atoms with Gasteiger partial charge in [-0.3, -0.25) is 4.79 Å². The number of aliphatic hydroxyl groups is 1. The van der Waals surface area contributed by atoms with Gasteiger partial charge in [0.2, 0.25) is 0 Å². The number of aromatic nitrogens is 1. The molecule has 1 heterocycles. The van der Waals surface area contributed by atoms with E-state index in [-0.39, 0.29) is 32.6 Å². The number of ketones is 1. The Morgan fingerprint density at radius 1 is 1.04 bits per heavy atom. The van der Waals surface area contributed by atoms with Crippen molar-refractivity contribution in [1.29, 1.82) is 0 Å². The summed E-state index contributed by atoms with van der Waals surface area (Å²) in [5, 5.41) is 8.36. The molecule has 0 bridgehead atoms. The monoisotopic (exact) mass is 569 g/mol. The second-order valence-corrected chi connectivity index (χ2v) is 5.29. The predicted octanol–water partition coefficient (Wildman–Crippen LogP) is 3.62. The van der Waals surface area contributed by atoms with Crippen LogP contribution in [-0.4, -0.2) is 44.3 Å². The first-order chi connectivity index (χ1) is 12.9. The van der Waals surface area contributed by atoms with Crippen LogP contribution in [0.4, 0.5) is 0 Å². The average molecular weight is 569 g/mol. The Kier molecular flexibility index (Phi) is 11.6. The molecule has 28 heavy (non-hydrogen) atoms. The summed E-state index contributed by atoms with van der Waals surface area (Å²) in [6.45, 7) is 2.85. The van der Waals surface area contributed by atoms with Gasteiger partial charge in [-0.1, -0.05) is 17.7 Å². The van der Waals surface area contributed by atoms with Crippen LogP contribution in [0.25, 0.3) is 11.3 Å². The number of methoxy groups -OCH3 is 4. The zero-order valence-corrected chi connectivity index (χ0v) is 18.9. The molecule has 1 N–H and O–H groups in total. The molecule has 0 atom stereocenters. The summed E-state index contributed by atoms with van der Waals surface area (Å²) < 4.78 is 21.1. The molecule has 156 valence electrons. The van der Waals surface area contributed by atoms with Crippen molar-refractivity contribution in [1.82, 2.24) is 4.98 Å². The fraction of sp³-hybridized carbons (Fsp3) is 0.300. The minimum atomic E-state index is -0.125. The predicted molar refractivity (Wildman–Crippen MR) is 102 cm³/mol. The molecule has 0 spiro atoms. The maximum absolute atomic E-state index is 10.0. The zero-order chi connectivity index (χ0) is 20.4. The number of rotatable bonds is 6. The first-order valence-electron chi connectivity index (χ1n) is 7.96. The van der Waals surface area contributed by atoms with E-state index in [0.717, 1.165) is 0 Å². The molecular formula is C20H24NO6Pt-. The van der Waals surface area contributed by atoms with Gasteiger partial charge in [0.15, 0.2) is 5.78 Å². The van der Waals surface area contributed by atoms with Crippen molar-refractivity contribution in [2.24, 2.45) is 0 Å². The van der Waals surface area contributed by atoms with Crippen LogP contribution in [0.2, 0.25) is 0 Å². The molecule has 0 saturated heterocycles. The summed E-state index contributed by atoms with van der Waals surface area (Å²) in [6, 6.07) is 8.43. The van der Waals surface area contributed by atoms with Gasteiger partial charge in [0, 0.05) is 39.1 Å². The van der Waals surface area contributed by atoms with Crippen molar-refractivity contribution in [3.63, 3.8) is 0 Å². The van der Waals surface area contributed by atoms with Gasteiger partial charge in [-0.05, 0) is 31.7 Å². The summed E-state index contributed by atoms with van der Waals surface area (Å²) in [6.07, 6.45) is 2.83. The Morgan fingerprint density at radius 3 is 2.11 bits per heavy atom. The molecule has 0 unspecified atom stereocenters. The second-order valence-electron chi connectivity index (χ2n) is 5.29. The maximum atomic E-state index is 10.0. The van der Waals surface area contributed by atoms with Crippen LogP contribution in [0.15, 0.2) is 36.2 Å². The van der Waals surface area contributed by atoms with Crippen molar-refractivity contribution in [2.75, 3.05) is 28.4 Å². The van der Waals surface area contributed by atoms with Crippen LogP contribution in [-0.2, 0) is 25.9 Å². The molecule has 0 saturated carbocycles. The van der Waals surface area contributed by atoms with E-state index in [4.69, 9.17) is 24.1 Å². The third-order valence-electron chi connectivity index (χ3n) is 3.25. The number of hydrogen-bond donors (Lipinski definition) is 1. The average Bonchev–Trinajstić information content (AvgIpc) is 2.66. The quantitative estimate of drug-likeness (QED) is 0.323. The Labute approximate surface area is 179 Å². The number of nitrogens with zero attached hydrogens (tertiary/aromatic N) is 1. The smallest absolute Gasteiger partial charge is 0.155 e. The molecule has 2 rings (SSSR count). The van der Waals surface area contributed by atoms with Crippen molar-refractivity contribution < 1.29 is 49.9 Å². The van der Waals surface area contributed by atoms with E-state index in [9.17, 15) is 4.79 Å². The molecule has 8 heteroatoms. The van der Waals surface area contributed by atoms with Crippen LogP contribution in [0.1, 0.15) is 13.8 Å². The summed E-state index contributed by atoms with van der Waals surface area (Å²) >= 11 is 0. The Balaban J connectivity index is 0.000000786. The Bertz CT molecular complexity index is 803. The second kappa shape index (κ2) is 12.8. The molecule has 2 aromatic rings. The first kappa shape index (κ1) is 25.5. The molecule has 0 aliphatic heterocycles. The summed E-state index contributed by atoms with van der Waals surface area (Å²) in [4.78, 5) is 14.3. The Morgan fingerprint density at radius 2 is 1.68 bits per heavy atom. The molecule has 0 aliphatic carbocycles. The van der Waals surface area contributed by atoms with Crippen molar-refractivity contribution in [2.45, 2.75) is 13.8 Å². The van der Waals surface area contributed by atoms with E-state index in [1.807, 2.05) is 0 Å². The van der Waals surface area contributed by atoms with Crippen molar-refractivity contribution >= 4 is 5.78 Å². The van der Waals surface area contributed by atoms with Crippen LogP contribution in [0.5, 0.6) is 23.0 Å². The minimum Gasteiger partial charge on any atom is -0.540 e. The number of allylic oxidation sites excluding steroid dienone is 2. The largest absolute Gasteiger partial charge is 0.540 e. The van der Waals surface area contributed by atoms with Gasteiger partial charge in [0.05, 0.1) is 45.7 Å². The molecule has 0 amide bonds. The fourth-order valence-electron chi connectivity index (χ4n) is 2.12. The van der Waals surface area contributed by atoms with Gasteiger partial charge >= 0.3 is 0 Å². The number of carbonyl (C=O) groups is 1. The van der Waals surface area contributed by atoms with Gasteiger partial charge in [-0.25, -0.2) is 0 Å². The van der Waals surface area contributed by atoms with Crippen LogP contribution >= 0.6 is 0 Å². The third-order valence-corrected chi connectivity index (χ3v) is 3.25. The number of hydrogen-bond acceptors (Lipinski definition) is 7.